The zero-order valence-corrected chi connectivity index (χ0v) is 15.4. The number of anilines is 1. The minimum absolute atomic E-state index is 0.756. The molecule has 4 heteroatoms. The monoisotopic (exact) mass is 351 g/mol. The summed E-state index contributed by atoms with van der Waals surface area (Å²) in [5, 5.41) is 9.40. The summed E-state index contributed by atoms with van der Waals surface area (Å²) in [7, 11) is 0. The molecule has 0 saturated heterocycles. The molecule has 1 N–H and O–H groups in total. The molecule has 25 heavy (non-hydrogen) atoms. The molecule has 0 saturated carbocycles. The Labute approximate surface area is 153 Å². The first kappa shape index (κ1) is 16.2. The Hall–Kier alpha value is -2.26. The van der Waals surface area contributed by atoms with Crippen LogP contribution in [0.1, 0.15) is 29.5 Å². The van der Waals surface area contributed by atoms with E-state index >= 15 is 0 Å². The van der Waals surface area contributed by atoms with Gasteiger partial charge in [0.1, 0.15) is 5.82 Å². The lowest BCUT2D eigenvalue weighted by Gasteiger charge is -2.11. The number of benzene rings is 2. The van der Waals surface area contributed by atoms with Crippen LogP contribution in [0, 0.1) is 13.8 Å². The van der Waals surface area contributed by atoms with Crippen molar-refractivity contribution in [3.05, 3.63) is 64.2 Å². The van der Waals surface area contributed by atoms with Crippen molar-refractivity contribution in [1.29, 1.82) is 0 Å². The molecule has 1 aliphatic heterocycles. The van der Waals surface area contributed by atoms with Crippen LogP contribution in [-0.2, 0) is 6.42 Å². The molecule has 0 spiro atoms. The first-order chi connectivity index (χ1) is 12.1. The van der Waals surface area contributed by atoms with E-state index in [0.717, 1.165) is 40.8 Å². The Balaban J connectivity index is 1.95. The van der Waals surface area contributed by atoms with Crippen molar-refractivity contribution >= 4 is 17.4 Å². The van der Waals surface area contributed by atoms with Gasteiger partial charge in [0.2, 0.25) is 0 Å². The third-order valence-electron chi connectivity index (χ3n) is 4.92. The molecule has 0 amide bonds. The number of hydrogen-bond donors (Lipinski definition) is 1. The average molecular weight is 352 g/mol. The molecule has 2 aromatic carbocycles. The highest BCUT2D eigenvalue weighted by Crippen LogP contribution is 2.36. The second-order valence-electron chi connectivity index (χ2n) is 6.72. The smallest absolute Gasteiger partial charge is 0.133 e. The molecule has 1 aliphatic rings. The van der Waals surface area contributed by atoms with Gasteiger partial charge in [0, 0.05) is 22.7 Å². The van der Waals surface area contributed by atoms with Gasteiger partial charge in [0.05, 0.1) is 11.4 Å². The summed E-state index contributed by atoms with van der Waals surface area (Å²) in [6.07, 6.45) is 3.42. The molecule has 0 radical (unpaired) electrons. The number of aromatic nitrogens is 2. The van der Waals surface area contributed by atoms with Crippen molar-refractivity contribution in [2.24, 2.45) is 0 Å². The highest BCUT2D eigenvalue weighted by atomic mass is 35.5. The fourth-order valence-corrected chi connectivity index (χ4v) is 3.81. The van der Waals surface area contributed by atoms with Crippen molar-refractivity contribution < 1.29 is 0 Å². The van der Waals surface area contributed by atoms with Crippen LogP contribution in [0.5, 0.6) is 0 Å². The van der Waals surface area contributed by atoms with Crippen LogP contribution in [0.4, 0.5) is 5.82 Å². The van der Waals surface area contributed by atoms with E-state index in [-0.39, 0.29) is 0 Å². The molecule has 128 valence electrons. The predicted molar refractivity (Wildman–Crippen MR) is 105 cm³/mol. The summed E-state index contributed by atoms with van der Waals surface area (Å²) in [5.41, 5.74) is 7.09. The normalized spacial score (nSPS) is 13.9. The number of fused-ring (bicyclic) bond motifs is 1. The lowest BCUT2D eigenvalue weighted by Crippen LogP contribution is -2.08. The first-order valence-corrected chi connectivity index (χ1v) is 9.21. The van der Waals surface area contributed by atoms with Gasteiger partial charge in [-0.05, 0) is 62.4 Å². The molecule has 4 rings (SSSR count). The molecule has 0 unspecified atom stereocenters. The summed E-state index contributed by atoms with van der Waals surface area (Å²) in [6.45, 7) is 5.22. The number of aryl methyl sites for hydroxylation is 2. The number of nitrogens with one attached hydrogen (secondary N) is 1. The molecule has 0 aliphatic carbocycles. The van der Waals surface area contributed by atoms with Crippen LogP contribution in [0.2, 0.25) is 5.02 Å². The number of nitrogens with zero attached hydrogens (tertiary/aromatic N) is 2. The maximum atomic E-state index is 6.15. The summed E-state index contributed by atoms with van der Waals surface area (Å²) in [4.78, 5) is 0. The maximum Gasteiger partial charge on any atom is 0.133 e. The van der Waals surface area contributed by atoms with Crippen LogP contribution in [0.25, 0.3) is 16.9 Å². The van der Waals surface area contributed by atoms with Crippen molar-refractivity contribution in [2.45, 2.75) is 33.1 Å². The zero-order chi connectivity index (χ0) is 17.4. The van der Waals surface area contributed by atoms with E-state index in [0.29, 0.717) is 0 Å². The Kier molecular flexibility index (Phi) is 4.26. The molecule has 0 bridgehead atoms. The lowest BCUT2D eigenvalue weighted by atomic mass is 10.00. The van der Waals surface area contributed by atoms with E-state index in [1.165, 1.54) is 29.5 Å². The van der Waals surface area contributed by atoms with E-state index in [2.05, 4.69) is 54.2 Å². The molecule has 3 aromatic rings. The topological polar surface area (TPSA) is 29.9 Å². The average Bonchev–Trinajstić information content (AvgIpc) is 2.78. The molecule has 1 aromatic heterocycles. The van der Waals surface area contributed by atoms with Gasteiger partial charge < -0.3 is 5.32 Å². The van der Waals surface area contributed by atoms with Crippen molar-refractivity contribution in [1.82, 2.24) is 9.78 Å². The van der Waals surface area contributed by atoms with Crippen molar-refractivity contribution in [3.8, 4) is 16.9 Å². The van der Waals surface area contributed by atoms with E-state index in [1.54, 1.807) is 0 Å². The van der Waals surface area contributed by atoms with Gasteiger partial charge in [-0.3, -0.25) is 0 Å². The third-order valence-corrected chi connectivity index (χ3v) is 5.15. The van der Waals surface area contributed by atoms with Gasteiger partial charge in [-0.1, -0.05) is 35.9 Å². The minimum Gasteiger partial charge on any atom is -0.370 e. The molecule has 2 heterocycles. The van der Waals surface area contributed by atoms with E-state index in [9.17, 15) is 0 Å². The predicted octanol–water partition coefficient (Wildman–Crippen LogP) is 5.56. The van der Waals surface area contributed by atoms with Crippen LogP contribution < -0.4 is 5.32 Å². The second kappa shape index (κ2) is 6.57. The molecular weight excluding hydrogens is 330 g/mol. The lowest BCUT2D eigenvalue weighted by molar-refractivity contribution is 0.779. The molecular formula is C21H22ClN3. The summed E-state index contributed by atoms with van der Waals surface area (Å²) >= 11 is 6.15. The number of hydrogen-bond acceptors (Lipinski definition) is 2. The van der Waals surface area contributed by atoms with Gasteiger partial charge in [0.25, 0.3) is 0 Å². The minimum atomic E-state index is 0.756. The molecule has 0 fully saturated rings. The second-order valence-corrected chi connectivity index (χ2v) is 7.15. The van der Waals surface area contributed by atoms with E-state index in [1.807, 2.05) is 12.1 Å². The van der Waals surface area contributed by atoms with Gasteiger partial charge in [-0.2, -0.15) is 5.10 Å². The van der Waals surface area contributed by atoms with Gasteiger partial charge >= 0.3 is 0 Å². The largest absolute Gasteiger partial charge is 0.370 e. The zero-order valence-electron chi connectivity index (χ0n) is 14.6. The fraction of sp³-hybridized carbons (Fsp3) is 0.286. The van der Waals surface area contributed by atoms with Gasteiger partial charge in [-0.15, -0.1) is 0 Å². The Bertz CT molecular complexity index is 927. The summed E-state index contributed by atoms with van der Waals surface area (Å²) in [6, 6.07) is 14.5. The Morgan fingerprint density at radius 1 is 1.04 bits per heavy atom. The van der Waals surface area contributed by atoms with Crippen LogP contribution in [0.15, 0.2) is 42.5 Å². The van der Waals surface area contributed by atoms with Crippen molar-refractivity contribution in [2.75, 3.05) is 11.9 Å². The summed E-state index contributed by atoms with van der Waals surface area (Å²) < 4.78 is 2.06. The summed E-state index contributed by atoms with van der Waals surface area (Å²) in [5.74, 6) is 1.13. The third kappa shape index (κ3) is 2.93. The van der Waals surface area contributed by atoms with Crippen LogP contribution >= 0.6 is 11.6 Å². The van der Waals surface area contributed by atoms with Crippen LogP contribution in [0.3, 0.4) is 0 Å². The molecule has 0 atom stereocenters. The van der Waals surface area contributed by atoms with Gasteiger partial charge in [0.15, 0.2) is 0 Å². The van der Waals surface area contributed by atoms with Crippen molar-refractivity contribution in [3.63, 3.8) is 0 Å². The number of halogens is 1. The Morgan fingerprint density at radius 3 is 2.68 bits per heavy atom. The first-order valence-electron chi connectivity index (χ1n) is 8.83. The van der Waals surface area contributed by atoms with Gasteiger partial charge in [-0.25, -0.2) is 4.68 Å². The SMILES string of the molecule is Cc1ccccc1-c1nn(-c2ccc(Cl)cc2C)c2c1CCCCN2. The van der Waals surface area contributed by atoms with E-state index < -0.39 is 0 Å². The highest BCUT2D eigenvalue weighted by Gasteiger charge is 2.23. The highest BCUT2D eigenvalue weighted by molar-refractivity contribution is 6.30. The maximum absolute atomic E-state index is 6.15. The van der Waals surface area contributed by atoms with Crippen LogP contribution in [-0.4, -0.2) is 16.3 Å². The van der Waals surface area contributed by atoms with E-state index in [4.69, 9.17) is 16.7 Å². The number of rotatable bonds is 2. The molecule has 3 nitrogen and oxygen atoms in total. The quantitative estimate of drug-likeness (QED) is 0.655. The Morgan fingerprint density at radius 2 is 1.88 bits per heavy atom. The fourth-order valence-electron chi connectivity index (χ4n) is 3.59. The standard InChI is InChI=1S/C21H22ClN3/c1-14-7-3-4-8-17(14)20-18-9-5-6-12-23-21(18)25(24-20)19-11-10-16(22)13-15(19)2/h3-4,7-8,10-11,13,23H,5-6,9,12H2,1-2H3.